The molecule has 1 aliphatic rings. The van der Waals surface area contributed by atoms with Crippen molar-refractivity contribution in [3.8, 4) is 0 Å². The van der Waals surface area contributed by atoms with Gasteiger partial charge >= 0.3 is 0 Å². The number of benzene rings is 1. The van der Waals surface area contributed by atoms with Gasteiger partial charge in [-0.2, -0.15) is 0 Å². The summed E-state index contributed by atoms with van der Waals surface area (Å²) in [5.74, 6) is 0.735. The lowest BCUT2D eigenvalue weighted by Crippen LogP contribution is -2.45. The number of nitrogens with one attached hydrogen (secondary N) is 3. The first kappa shape index (κ1) is 20.2. The third-order valence-corrected chi connectivity index (χ3v) is 4.42. The Morgan fingerprint density at radius 2 is 2.12 bits per heavy atom. The van der Waals surface area contributed by atoms with Crippen molar-refractivity contribution in [3.05, 3.63) is 35.4 Å². The molecule has 3 N–H and O–H groups in total. The summed E-state index contributed by atoms with van der Waals surface area (Å²) in [6.07, 6.45) is 3.10. The van der Waals surface area contributed by atoms with Gasteiger partial charge in [0.15, 0.2) is 5.96 Å². The Labute approximate surface area is 156 Å². The molecule has 1 aromatic rings. The molecule has 1 atom stereocenters. The Bertz CT molecular complexity index is 610. The Kier molecular flexibility index (Phi) is 7.91. The zero-order chi connectivity index (χ0) is 18.8. The monoisotopic (exact) mass is 360 g/mol. The maximum absolute atomic E-state index is 12.1. The van der Waals surface area contributed by atoms with Crippen LogP contribution in [0.3, 0.4) is 0 Å². The summed E-state index contributed by atoms with van der Waals surface area (Å²) in [6, 6.07) is 7.63. The molecular weight excluding hydrogens is 328 g/mol. The minimum Gasteiger partial charge on any atom is -0.373 e. The summed E-state index contributed by atoms with van der Waals surface area (Å²) < 4.78 is 5.82. The number of aliphatic imine (C=N–C) groups is 1. The Morgan fingerprint density at radius 3 is 2.81 bits per heavy atom. The number of amides is 1. The average molecular weight is 361 g/mol. The highest BCUT2D eigenvalue weighted by Gasteiger charge is 2.29. The first-order chi connectivity index (χ1) is 12.6. The fraction of sp³-hybridized carbons (Fsp3) is 0.600. The van der Waals surface area contributed by atoms with Gasteiger partial charge in [0, 0.05) is 31.8 Å². The SMILES string of the molecule is CCCNC(=O)c1cccc(CN=C(NCC)NCC2(C)CCCO2)c1. The van der Waals surface area contributed by atoms with Gasteiger partial charge in [0.25, 0.3) is 5.91 Å². The predicted molar refractivity (Wildman–Crippen MR) is 105 cm³/mol. The third-order valence-electron chi connectivity index (χ3n) is 4.42. The lowest BCUT2D eigenvalue weighted by molar-refractivity contribution is 0.0243. The molecule has 6 heteroatoms. The van der Waals surface area contributed by atoms with E-state index in [0.29, 0.717) is 18.7 Å². The van der Waals surface area contributed by atoms with E-state index in [-0.39, 0.29) is 11.5 Å². The Morgan fingerprint density at radius 1 is 1.27 bits per heavy atom. The molecule has 1 heterocycles. The van der Waals surface area contributed by atoms with Crippen molar-refractivity contribution in [2.24, 2.45) is 4.99 Å². The van der Waals surface area contributed by atoms with E-state index in [1.165, 1.54) is 0 Å². The van der Waals surface area contributed by atoms with E-state index in [1.807, 2.05) is 38.1 Å². The van der Waals surface area contributed by atoms with Gasteiger partial charge in [-0.3, -0.25) is 4.79 Å². The van der Waals surface area contributed by atoms with Gasteiger partial charge in [0.05, 0.1) is 12.1 Å². The zero-order valence-corrected chi connectivity index (χ0v) is 16.2. The number of hydrogen-bond donors (Lipinski definition) is 3. The molecule has 1 saturated heterocycles. The summed E-state index contributed by atoms with van der Waals surface area (Å²) in [4.78, 5) is 16.7. The quantitative estimate of drug-likeness (QED) is 0.492. The van der Waals surface area contributed by atoms with Crippen molar-refractivity contribution in [2.45, 2.75) is 52.2 Å². The largest absolute Gasteiger partial charge is 0.373 e. The highest BCUT2D eigenvalue weighted by molar-refractivity contribution is 5.94. The van der Waals surface area contributed by atoms with Crippen LogP contribution >= 0.6 is 0 Å². The van der Waals surface area contributed by atoms with Crippen LogP contribution in [0.25, 0.3) is 0 Å². The van der Waals surface area contributed by atoms with E-state index in [1.54, 1.807) is 0 Å². The van der Waals surface area contributed by atoms with Crippen molar-refractivity contribution in [3.63, 3.8) is 0 Å². The van der Waals surface area contributed by atoms with E-state index in [2.05, 4.69) is 27.9 Å². The number of hydrogen-bond acceptors (Lipinski definition) is 3. The minimum atomic E-state index is -0.118. The first-order valence-corrected chi connectivity index (χ1v) is 9.59. The molecule has 0 spiro atoms. The topological polar surface area (TPSA) is 74.8 Å². The van der Waals surface area contributed by atoms with Crippen molar-refractivity contribution in [1.82, 2.24) is 16.0 Å². The van der Waals surface area contributed by atoms with Crippen molar-refractivity contribution < 1.29 is 9.53 Å². The van der Waals surface area contributed by atoms with Gasteiger partial charge in [-0.15, -0.1) is 0 Å². The maximum Gasteiger partial charge on any atom is 0.251 e. The molecule has 1 aromatic carbocycles. The van der Waals surface area contributed by atoms with Crippen LogP contribution in [0.5, 0.6) is 0 Å². The number of carbonyl (C=O) groups is 1. The van der Waals surface area contributed by atoms with Crippen LogP contribution in [0, 0.1) is 0 Å². The predicted octanol–water partition coefficient (Wildman–Crippen LogP) is 2.45. The van der Waals surface area contributed by atoms with E-state index in [9.17, 15) is 4.79 Å². The molecule has 26 heavy (non-hydrogen) atoms. The summed E-state index contributed by atoms with van der Waals surface area (Å²) in [6.45, 7) is 9.79. The summed E-state index contributed by atoms with van der Waals surface area (Å²) in [7, 11) is 0. The standard InChI is InChI=1S/C20H32N4O2/c1-4-11-22-18(25)17-9-6-8-16(13-17)14-23-19(21-5-2)24-15-20(3)10-7-12-26-20/h6,8-9,13H,4-5,7,10-12,14-15H2,1-3H3,(H,22,25)(H2,21,23,24). The highest BCUT2D eigenvalue weighted by Crippen LogP contribution is 2.23. The lowest BCUT2D eigenvalue weighted by atomic mass is 10.0. The molecule has 1 unspecified atom stereocenters. The number of guanidine groups is 1. The van der Waals surface area contributed by atoms with E-state index >= 15 is 0 Å². The highest BCUT2D eigenvalue weighted by atomic mass is 16.5. The van der Waals surface area contributed by atoms with Gasteiger partial charge in [0.2, 0.25) is 0 Å². The minimum absolute atomic E-state index is 0.0333. The van der Waals surface area contributed by atoms with Crippen molar-refractivity contribution in [2.75, 3.05) is 26.2 Å². The molecule has 0 radical (unpaired) electrons. The second-order valence-electron chi connectivity index (χ2n) is 6.91. The molecule has 1 amide bonds. The molecule has 2 rings (SSSR count). The van der Waals surface area contributed by atoms with Crippen molar-refractivity contribution >= 4 is 11.9 Å². The van der Waals surface area contributed by atoms with Crippen LogP contribution in [-0.4, -0.2) is 43.7 Å². The van der Waals surface area contributed by atoms with Crippen LogP contribution in [0.1, 0.15) is 56.0 Å². The number of carbonyl (C=O) groups excluding carboxylic acids is 1. The molecule has 144 valence electrons. The second kappa shape index (κ2) is 10.2. The maximum atomic E-state index is 12.1. The molecule has 0 aromatic heterocycles. The smallest absolute Gasteiger partial charge is 0.251 e. The number of ether oxygens (including phenoxy) is 1. The third kappa shape index (κ3) is 6.33. The van der Waals surface area contributed by atoms with Gasteiger partial charge in [0.1, 0.15) is 0 Å². The van der Waals surface area contributed by atoms with Crippen molar-refractivity contribution in [1.29, 1.82) is 0 Å². The normalized spacial score (nSPS) is 20.0. The molecule has 0 aliphatic carbocycles. The summed E-state index contributed by atoms with van der Waals surface area (Å²) >= 11 is 0. The molecule has 1 fully saturated rings. The van der Waals surface area contributed by atoms with Crippen LogP contribution in [0.15, 0.2) is 29.3 Å². The van der Waals surface area contributed by atoms with Crippen LogP contribution in [0.4, 0.5) is 0 Å². The zero-order valence-electron chi connectivity index (χ0n) is 16.2. The van der Waals surface area contributed by atoms with Gasteiger partial charge in [-0.25, -0.2) is 4.99 Å². The van der Waals surface area contributed by atoms with Crippen LogP contribution in [0.2, 0.25) is 0 Å². The number of rotatable bonds is 8. The number of nitrogens with zero attached hydrogens (tertiary/aromatic N) is 1. The van der Waals surface area contributed by atoms with E-state index in [4.69, 9.17) is 4.74 Å². The molecule has 1 aliphatic heterocycles. The fourth-order valence-corrected chi connectivity index (χ4v) is 2.91. The van der Waals surface area contributed by atoms with E-state index < -0.39 is 0 Å². The van der Waals surface area contributed by atoms with Crippen LogP contribution < -0.4 is 16.0 Å². The molecule has 0 bridgehead atoms. The van der Waals surface area contributed by atoms with Crippen LogP contribution in [-0.2, 0) is 11.3 Å². The Balaban J connectivity index is 1.96. The Hall–Kier alpha value is -2.08. The van der Waals surface area contributed by atoms with Gasteiger partial charge in [-0.1, -0.05) is 19.1 Å². The van der Waals surface area contributed by atoms with E-state index in [0.717, 1.165) is 50.5 Å². The lowest BCUT2D eigenvalue weighted by Gasteiger charge is -2.24. The summed E-state index contributed by atoms with van der Waals surface area (Å²) in [5, 5.41) is 9.54. The molecule has 6 nitrogen and oxygen atoms in total. The average Bonchev–Trinajstić information content (AvgIpc) is 3.09. The molecular formula is C20H32N4O2. The second-order valence-corrected chi connectivity index (χ2v) is 6.91. The first-order valence-electron chi connectivity index (χ1n) is 9.59. The summed E-state index contributed by atoms with van der Waals surface area (Å²) in [5.41, 5.74) is 1.57. The van der Waals surface area contributed by atoms with Gasteiger partial charge < -0.3 is 20.7 Å². The molecule has 0 saturated carbocycles. The van der Waals surface area contributed by atoms with Gasteiger partial charge in [-0.05, 0) is 50.8 Å². The fourth-order valence-electron chi connectivity index (χ4n) is 2.91.